The van der Waals surface area contributed by atoms with Gasteiger partial charge in [-0.15, -0.1) is 13.2 Å². The summed E-state index contributed by atoms with van der Waals surface area (Å²) in [5, 5.41) is 0. The molecule has 0 saturated heterocycles. The van der Waals surface area contributed by atoms with Gasteiger partial charge in [0.25, 0.3) is 0 Å². The lowest BCUT2D eigenvalue weighted by atomic mass is 10.3. The minimum absolute atomic E-state index is 1.21. The van der Waals surface area contributed by atoms with E-state index in [1.807, 2.05) is 39.1 Å². The summed E-state index contributed by atoms with van der Waals surface area (Å²) in [5.74, 6) is 0. The highest BCUT2D eigenvalue weighted by Gasteiger charge is 1.73. The molecule has 0 aliphatic heterocycles. The highest BCUT2D eigenvalue weighted by molar-refractivity contribution is 5.04. The van der Waals surface area contributed by atoms with Gasteiger partial charge in [0.05, 0.1) is 0 Å². The van der Waals surface area contributed by atoms with Crippen LogP contribution in [0.1, 0.15) is 19.4 Å². The molecule has 0 N–H and O–H groups in total. The zero-order valence-corrected chi connectivity index (χ0v) is 7.67. The molecule has 1 aromatic heterocycles. The van der Waals surface area contributed by atoms with Crippen molar-refractivity contribution in [3.8, 4) is 0 Å². The van der Waals surface area contributed by atoms with Gasteiger partial charge in [-0.2, -0.15) is 0 Å². The monoisotopic (exact) mass is 151 g/mol. The second-order valence-electron chi connectivity index (χ2n) is 1.53. The van der Waals surface area contributed by atoms with Crippen molar-refractivity contribution < 1.29 is 0 Å². The lowest BCUT2D eigenvalue weighted by Gasteiger charge is -1.82. The minimum Gasteiger partial charge on any atom is -0.264 e. The summed E-state index contributed by atoms with van der Waals surface area (Å²) in [5.41, 5.74) is 1.21. The van der Waals surface area contributed by atoms with Gasteiger partial charge in [-0.3, -0.25) is 4.98 Å². The second-order valence-corrected chi connectivity index (χ2v) is 1.53. The van der Waals surface area contributed by atoms with E-state index in [2.05, 4.69) is 18.1 Å². The number of hydrogen-bond donors (Lipinski definition) is 0. The van der Waals surface area contributed by atoms with Gasteiger partial charge >= 0.3 is 0 Å². The summed E-state index contributed by atoms with van der Waals surface area (Å²) in [6, 6.07) is 3.95. The van der Waals surface area contributed by atoms with Crippen LogP contribution < -0.4 is 0 Å². The van der Waals surface area contributed by atoms with Crippen LogP contribution in [0, 0.1) is 6.92 Å². The van der Waals surface area contributed by atoms with Crippen LogP contribution in [-0.2, 0) is 0 Å². The molecule has 1 rings (SSSR count). The Labute approximate surface area is 69.8 Å². The van der Waals surface area contributed by atoms with E-state index in [4.69, 9.17) is 0 Å². The quantitative estimate of drug-likeness (QED) is 0.519. The van der Waals surface area contributed by atoms with Gasteiger partial charge in [0.1, 0.15) is 0 Å². The van der Waals surface area contributed by atoms with Crippen LogP contribution in [0.5, 0.6) is 0 Å². The van der Waals surface area contributed by atoms with E-state index < -0.39 is 0 Å². The summed E-state index contributed by atoms with van der Waals surface area (Å²) in [7, 11) is 0. The van der Waals surface area contributed by atoms with Gasteiger partial charge < -0.3 is 0 Å². The lowest BCUT2D eigenvalue weighted by molar-refractivity contribution is 1.27. The maximum Gasteiger partial charge on any atom is 0.0297 e. The Bertz CT molecular complexity index is 146. The summed E-state index contributed by atoms with van der Waals surface area (Å²) in [6.45, 7) is 12.0. The van der Waals surface area contributed by atoms with Crippen molar-refractivity contribution in [2.24, 2.45) is 0 Å². The molecule has 0 saturated carbocycles. The maximum absolute atomic E-state index is 3.88. The van der Waals surface area contributed by atoms with Crippen molar-refractivity contribution >= 4 is 0 Å². The van der Waals surface area contributed by atoms with E-state index in [0.717, 1.165) is 0 Å². The Morgan fingerprint density at radius 1 is 1.27 bits per heavy atom. The van der Waals surface area contributed by atoms with Crippen molar-refractivity contribution in [1.29, 1.82) is 0 Å². The van der Waals surface area contributed by atoms with Gasteiger partial charge in [-0.25, -0.2) is 0 Å². The van der Waals surface area contributed by atoms with E-state index in [1.165, 1.54) is 5.56 Å². The molecule has 0 aliphatic rings. The Balaban J connectivity index is 0. The zero-order chi connectivity index (χ0) is 9.11. The number of nitrogens with zero attached hydrogens (tertiary/aromatic N) is 1. The molecular weight excluding hydrogens is 134 g/mol. The van der Waals surface area contributed by atoms with Crippen LogP contribution >= 0.6 is 0 Å². The Kier molecular flexibility index (Phi) is 13.3. The van der Waals surface area contributed by atoms with E-state index in [1.54, 1.807) is 6.20 Å². The average Bonchev–Trinajstić information content (AvgIpc) is 2.13. The standard InChI is InChI=1S/C6H7N.C2H6.C2H4/c1-6-3-2-4-7-5-6;2*1-2/h2-5H,1H3;1-2H3;1-2H2. The first kappa shape index (κ1) is 12.6. The SMILES string of the molecule is C=C.CC.Cc1cccnc1. The zero-order valence-electron chi connectivity index (χ0n) is 7.67. The fourth-order valence-electron chi connectivity index (χ4n) is 0.448. The van der Waals surface area contributed by atoms with Crippen LogP contribution in [-0.4, -0.2) is 4.98 Å². The molecule has 1 heterocycles. The number of rotatable bonds is 0. The third kappa shape index (κ3) is 8.89. The van der Waals surface area contributed by atoms with Crippen molar-refractivity contribution in [2.45, 2.75) is 20.8 Å². The molecule has 0 unspecified atom stereocenters. The van der Waals surface area contributed by atoms with Crippen LogP contribution in [0.4, 0.5) is 0 Å². The van der Waals surface area contributed by atoms with Crippen molar-refractivity contribution in [3.63, 3.8) is 0 Å². The molecule has 62 valence electrons. The lowest BCUT2D eigenvalue weighted by Crippen LogP contribution is -1.69. The van der Waals surface area contributed by atoms with Crippen molar-refractivity contribution in [1.82, 2.24) is 4.98 Å². The number of hydrogen-bond acceptors (Lipinski definition) is 1. The first-order valence-corrected chi connectivity index (χ1v) is 3.76. The molecular formula is C10H17N. The third-order valence-corrected chi connectivity index (χ3v) is 0.809. The smallest absolute Gasteiger partial charge is 0.0297 e. The first-order valence-electron chi connectivity index (χ1n) is 3.76. The van der Waals surface area contributed by atoms with Crippen molar-refractivity contribution in [2.75, 3.05) is 0 Å². The Hall–Kier alpha value is -1.11. The number of pyridine rings is 1. The van der Waals surface area contributed by atoms with E-state index >= 15 is 0 Å². The van der Waals surface area contributed by atoms with Gasteiger partial charge in [-0.1, -0.05) is 19.9 Å². The van der Waals surface area contributed by atoms with E-state index in [-0.39, 0.29) is 0 Å². The molecule has 0 fully saturated rings. The summed E-state index contributed by atoms with van der Waals surface area (Å²) < 4.78 is 0. The molecule has 0 radical (unpaired) electrons. The number of aryl methyl sites for hydroxylation is 1. The molecule has 1 heteroatoms. The van der Waals surface area contributed by atoms with Gasteiger partial charge in [0, 0.05) is 12.4 Å². The summed E-state index contributed by atoms with van der Waals surface area (Å²) >= 11 is 0. The topological polar surface area (TPSA) is 12.9 Å². The average molecular weight is 151 g/mol. The van der Waals surface area contributed by atoms with Gasteiger partial charge in [0.2, 0.25) is 0 Å². The normalized spacial score (nSPS) is 6.45. The van der Waals surface area contributed by atoms with Gasteiger partial charge in [0.15, 0.2) is 0 Å². The maximum atomic E-state index is 3.88. The molecule has 0 amide bonds. The molecule has 0 aliphatic carbocycles. The third-order valence-electron chi connectivity index (χ3n) is 0.809. The summed E-state index contributed by atoms with van der Waals surface area (Å²) in [4.78, 5) is 3.88. The summed E-state index contributed by atoms with van der Waals surface area (Å²) in [6.07, 6.45) is 3.60. The van der Waals surface area contributed by atoms with E-state index in [9.17, 15) is 0 Å². The molecule has 0 aromatic carbocycles. The molecule has 0 atom stereocenters. The first-order chi connectivity index (χ1) is 5.39. The highest BCUT2D eigenvalue weighted by atomic mass is 14.6. The fourth-order valence-corrected chi connectivity index (χ4v) is 0.448. The fraction of sp³-hybridized carbons (Fsp3) is 0.300. The molecule has 1 nitrogen and oxygen atoms in total. The Morgan fingerprint density at radius 2 is 1.82 bits per heavy atom. The molecule has 0 bridgehead atoms. The molecule has 1 aromatic rings. The van der Waals surface area contributed by atoms with E-state index in [0.29, 0.717) is 0 Å². The molecule has 11 heavy (non-hydrogen) atoms. The second kappa shape index (κ2) is 11.7. The van der Waals surface area contributed by atoms with Crippen LogP contribution in [0.2, 0.25) is 0 Å². The predicted molar refractivity (Wildman–Crippen MR) is 51.6 cm³/mol. The van der Waals surface area contributed by atoms with Crippen molar-refractivity contribution in [3.05, 3.63) is 43.2 Å². The number of aromatic nitrogens is 1. The van der Waals surface area contributed by atoms with Gasteiger partial charge in [-0.05, 0) is 18.6 Å². The van der Waals surface area contributed by atoms with Crippen LogP contribution in [0.15, 0.2) is 37.7 Å². The highest BCUT2D eigenvalue weighted by Crippen LogP contribution is 1.88. The van der Waals surface area contributed by atoms with Crippen LogP contribution in [0.25, 0.3) is 0 Å². The molecule has 0 spiro atoms. The van der Waals surface area contributed by atoms with Crippen LogP contribution in [0.3, 0.4) is 0 Å². The Morgan fingerprint density at radius 3 is 2.00 bits per heavy atom. The minimum atomic E-state index is 1.21. The largest absolute Gasteiger partial charge is 0.264 e. The predicted octanol–water partition coefficient (Wildman–Crippen LogP) is 3.22.